The summed E-state index contributed by atoms with van der Waals surface area (Å²) in [7, 11) is 0.166. The molecule has 1 heterocycles. The van der Waals surface area contributed by atoms with Crippen LogP contribution in [0.2, 0.25) is 0 Å². The standard InChI is InChI=1S/C15H19FN2O3S/c1-9(2)14-17-15(21-18-14)10(3)22(19)8-11-7-12(16)5-6-13(11)20-4/h5-7,9-10H,8H2,1-4H3/t10-,22-/m0/s1. The Balaban J connectivity index is 2.15. The van der Waals surface area contributed by atoms with Crippen LogP contribution in [0.15, 0.2) is 22.7 Å². The predicted molar refractivity (Wildman–Crippen MR) is 81.6 cm³/mol. The van der Waals surface area contributed by atoms with Gasteiger partial charge >= 0.3 is 0 Å². The van der Waals surface area contributed by atoms with Crippen molar-refractivity contribution in [3.8, 4) is 5.75 Å². The van der Waals surface area contributed by atoms with Gasteiger partial charge in [0.2, 0.25) is 5.89 Å². The Morgan fingerprint density at radius 3 is 2.68 bits per heavy atom. The Kier molecular flexibility index (Phi) is 5.28. The number of aromatic nitrogens is 2. The largest absolute Gasteiger partial charge is 0.496 e. The number of nitrogens with zero attached hydrogens (tertiary/aromatic N) is 2. The molecule has 7 heteroatoms. The van der Waals surface area contributed by atoms with Crippen LogP contribution < -0.4 is 4.74 Å². The van der Waals surface area contributed by atoms with Crippen molar-refractivity contribution in [2.45, 2.75) is 37.7 Å². The third-order valence-corrected chi connectivity index (χ3v) is 4.84. The molecule has 0 bridgehead atoms. The van der Waals surface area contributed by atoms with Gasteiger partial charge in [-0.25, -0.2) is 4.39 Å². The first-order valence-electron chi connectivity index (χ1n) is 6.95. The van der Waals surface area contributed by atoms with Crippen LogP contribution in [0.3, 0.4) is 0 Å². The molecule has 1 aromatic heterocycles. The van der Waals surface area contributed by atoms with E-state index in [4.69, 9.17) is 9.26 Å². The van der Waals surface area contributed by atoms with E-state index in [1.807, 2.05) is 13.8 Å². The average Bonchev–Trinajstić information content (AvgIpc) is 2.96. The second kappa shape index (κ2) is 7.00. The topological polar surface area (TPSA) is 65.2 Å². The van der Waals surface area contributed by atoms with Crippen molar-refractivity contribution >= 4 is 10.8 Å². The highest BCUT2D eigenvalue weighted by molar-refractivity contribution is 7.84. The van der Waals surface area contributed by atoms with Crippen molar-refractivity contribution in [1.82, 2.24) is 10.1 Å². The zero-order chi connectivity index (χ0) is 16.3. The molecule has 2 rings (SSSR count). The Morgan fingerprint density at radius 1 is 1.36 bits per heavy atom. The van der Waals surface area contributed by atoms with Crippen molar-refractivity contribution < 1.29 is 17.9 Å². The Bertz CT molecular complexity index is 673. The molecule has 0 radical (unpaired) electrons. The summed E-state index contributed by atoms with van der Waals surface area (Å²) in [5, 5.41) is 3.43. The van der Waals surface area contributed by atoms with Gasteiger partial charge in [0.15, 0.2) is 5.82 Å². The molecular weight excluding hydrogens is 307 g/mol. The predicted octanol–water partition coefficient (Wildman–Crippen LogP) is 3.35. The van der Waals surface area contributed by atoms with Crippen LogP contribution in [0.1, 0.15) is 49.2 Å². The molecule has 0 saturated carbocycles. The van der Waals surface area contributed by atoms with E-state index in [-0.39, 0.29) is 17.5 Å². The van der Waals surface area contributed by atoms with Gasteiger partial charge in [-0.05, 0) is 25.1 Å². The fourth-order valence-electron chi connectivity index (χ4n) is 1.90. The van der Waals surface area contributed by atoms with Crippen molar-refractivity contribution in [3.63, 3.8) is 0 Å². The molecule has 2 atom stereocenters. The number of ether oxygens (including phenoxy) is 1. The molecule has 1 aromatic carbocycles. The molecule has 0 aliphatic carbocycles. The molecule has 0 N–H and O–H groups in total. The van der Waals surface area contributed by atoms with Crippen LogP contribution in [0.5, 0.6) is 5.75 Å². The van der Waals surface area contributed by atoms with E-state index in [1.165, 1.54) is 25.3 Å². The van der Waals surface area contributed by atoms with E-state index in [9.17, 15) is 8.60 Å². The highest BCUT2D eigenvalue weighted by Crippen LogP contribution is 2.26. The summed E-state index contributed by atoms with van der Waals surface area (Å²) in [6, 6.07) is 4.16. The minimum absolute atomic E-state index is 0.140. The molecule has 22 heavy (non-hydrogen) atoms. The van der Waals surface area contributed by atoms with Gasteiger partial charge in [0.25, 0.3) is 0 Å². The maximum absolute atomic E-state index is 13.4. The van der Waals surface area contributed by atoms with E-state index in [0.29, 0.717) is 23.0 Å². The summed E-state index contributed by atoms with van der Waals surface area (Å²) in [6.07, 6.45) is 0. The Morgan fingerprint density at radius 2 is 2.09 bits per heavy atom. The van der Waals surface area contributed by atoms with Gasteiger partial charge < -0.3 is 9.26 Å². The van der Waals surface area contributed by atoms with Gasteiger partial charge in [-0.1, -0.05) is 19.0 Å². The maximum atomic E-state index is 13.4. The monoisotopic (exact) mass is 326 g/mol. The lowest BCUT2D eigenvalue weighted by Crippen LogP contribution is -2.07. The summed E-state index contributed by atoms with van der Waals surface area (Å²) in [5.74, 6) is 1.33. The molecule has 5 nitrogen and oxygen atoms in total. The van der Waals surface area contributed by atoms with Crippen LogP contribution in [-0.2, 0) is 16.6 Å². The highest BCUT2D eigenvalue weighted by atomic mass is 32.2. The third-order valence-electron chi connectivity index (χ3n) is 3.26. The number of halogens is 1. The van der Waals surface area contributed by atoms with E-state index in [2.05, 4.69) is 10.1 Å². The van der Waals surface area contributed by atoms with Crippen molar-refractivity contribution in [2.75, 3.05) is 7.11 Å². The Labute approximate surface area is 131 Å². The third kappa shape index (κ3) is 3.71. The summed E-state index contributed by atoms with van der Waals surface area (Å²) >= 11 is 0. The zero-order valence-corrected chi connectivity index (χ0v) is 13.8. The lowest BCUT2D eigenvalue weighted by molar-refractivity contribution is 0.371. The zero-order valence-electron chi connectivity index (χ0n) is 13.0. The first-order valence-corrected chi connectivity index (χ1v) is 8.33. The molecule has 0 aliphatic rings. The van der Waals surface area contributed by atoms with E-state index in [1.54, 1.807) is 6.92 Å². The number of methoxy groups -OCH3 is 1. The highest BCUT2D eigenvalue weighted by Gasteiger charge is 2.22. The van der Waals surface area contributed by atoms with Crippen LogP contribution in [0, 0.1) is 5.82 Å². The summed E-state index contributed by atoms with van der Waals surface area (Å²) < 4.78 is 36.2. The maximum Gasteiger partial charge on any atom is 0.242 e. The summed E-state index contributed by atoms with van der Waals surface area (Å²) in [4.78, 5) is 4.26. The van der Waals surface area contributed by atoms with Gasteiger partial charge in [0, 0.05) is 22.3 Å². The molecule has 120 valence electrons. The summed E-state index contributed by atoms with van der Waals surface area (Å²) in [5.41, 5.74) is 0.552. The van der Waals surface area contributed by atoms with Crippen molar-refractivity contribution in [3.05, 3.63) is 41.3 Å². The van der Waals surface area contributed by atoms with Crippen LogP contribution in [-0.4, -0.2) is 21.5 Å². The van der Waals surface area contributed by atoms with E-state index in [0.717, 1.165) is 0 Å². The smallest absolute Gasteiger partial charge is 0.242 e. The number of benzene rings is 1. The molecule has 0 amide bonds. The Hall–Kier alpha value is -1.76. The number of hydrogen-bond donors (Lipinski definition) is 0. The molecular formula is C15H19FN2O3S. The normalized spacial score (nSPS) is 14.1. The minimum Gasteiger partial charge on any atom is -0.496 e. The molecule has 0 saturated heterocycles. The molecule has 0 unspecified atom stereocenters. The fraction of sp³-hybridized carbons (Fsp3) is 0.467. The molecule has 0 fully saturated rings. The average molecular weight is 326 g/mol. The van der Waals surface area contributed by atoms with Crippen LogP contribution in [0.4, 0.5) is 4.39 Å². The molecule has 2 aromatic rings. The van der Waals surface area contributed by atoms with Crippen molar-refractivity contribution in [2.24, 2.45) is 0 Å². The van der Waals surface area contributed by atoms with Crippen molar-refractivity contribution in [1.29, 1.82) is 0 Å². The van der Waals surface area contributed by atoms with Gasteiger partial charge in [-0.2, -0.15) is 4.98 Å². The van der Waals surface area contributed by atoms with Crippen LogP contribution >= 0.6 is 0 Å². The number of rotatable bonds is 6. The second-order valence-electron chi connectivity index (χ2n) is 5.27. The lowest BCUT2D eigenvalue weighted by Gasteiger charge is -2.10. The second-order valence-corrected chi connectivity index (χ2v) is 7.03. The quantitative estimate of drug-likeness (QED) is 0.814. The molecule has 0 spiro atoms. The molecule has 0 aliphatic heterocycles. The SMILES string of the molecule is COc1ccc(F)cc1C[S@](=O)[C@@H](C)c1nc(C(C)C)no1. The lowest BCUT2D eigenvalue weighted by atomic mass is 10.2. The summed E-state index contributed by atoms with van der Waals surface area (Å²) in [6.45, 7) is 5.65. The van der Waals surface area contributed by atoms with Gasteiger partial charge in [-0.3, -0.25) is 4.21 Å². The van der Waals surface area contributed by atoms with Crippen LogP contribution in [0.25, 0.3) is 0 Å². The minimum atomic E-state index is -1.33. The first kappa shape index (κ1) is 16.6. The van der Waals surface area contributed by atoms with Gasteiger partial charge in [0.05, 0.1) is 12.9 Å². The van der Waals surface area contributed by atoms with Gasteiger partial charge in [0.1, 0.15) is 16.8 Å². The van der Waals surface area contributed by atoms with E-state index >= 15 is 0 Å². The number of hydrogen-bond acceptors (Lipinski definition) is 5. The fourth-order valence-corrected chi connectivity index (χ4v) is 3.00. The van der Waals surface area contributed by atoms with E-state index < -0.39 is 16.0 Å². The van der Waals surface area contributed by atoms with Gasteiger partial charge in [-0.15, -0.1) is 0 Å². The first-order chi connectivity index (χ1) is 10.4.